The molecule has 0 aliphatic heterocycles. The molecule has 142 valence electrons. The normalized spacial score (nSPS) is 13.1. The number of sulfonamides is 1. The number of halogens is 1. The summed E-state index contributed by atoms with van der Waals surface area (Å²) in [7, 11) is -2.15. The van der Waals surface area contributed by atoms with E-state index in [9.17, 15) is 17.9 Å². The summed E-state index contributed by atoms with van der Waals surface area (Å²) in [6.45, 7) is 5.54. The van der Waals surface area contributed by atoms with Gasteiger partial charge in [-0.25, -0.2) is 27.1 Å². The first-order valence-electron chi connectivity index (χ1n) is 8.29. The van der Waals surface area contributed by atoms with Gasteiger partial charge in [0.15, 0.2) is 0 Å². The number of nitrogens with zero attached hydrogens (tertiary/aromatic N) is 3. The molecule has 1 atom stereocenters. The predicted molar refractivity (Wildman–Crippen MR) is 100 cm³/mol. The molecular formula is C18H24FN3O3S. The zero-order valence-corrected chi connectivity index (χ0v) is 16.4. The van der Waals surface area contributed by atoms with Gasteiger partial charge in [-0.15, -0.1) is 0 Å². The van der Waals surface area contributed by atoms with Crippen LogP contribution in [0, 0.1) is 5.82 Å². The molecule has 1 aromatic carbocycles. The van der Waals surface area contributed by atoms with Crippen molar-refractivity contribution in [2.24, 2.45) is 0 Å². The predicted octanol–water partition coefficient (Wildman–Crippen LogP) is 2.73. The zero-order chi connectivity index (χ0) is 19.6. The summed E-state index contributed by atoms with van der Waals surface area (Å²) in [5, 5.41) is 9.91. The van der Waals surface area contributed by atoms with Gasteiger partial charge in [0.2, 0.25) is 16.0 Å². The minimum atomic E-state index is -3.54. The van der Waals surface area contributed by atoms with Gasteiger partial charge >= 0.3 is 0 Å². The molecule has 1 aromatic heterocycles. The fourth-order valence-corrected chi connectivity index (χ4v) is 2.98. The van der Waals surface area contributed by atoms with E-state index in [1.807, 2.05) is 13.8 Å². The maximum Gasteiger partial charge on any atom is 0.239 e. The van der Waals surface area contributed by atoms with Crippen LogP contribution in [-0.4, -0.2) is 42.9 Å². The molecule has 0 aliphatic carbocycles. The molecule has 2 aromatic rings. The zero-order valence-electron chi connectivity index (χ0n) is 15.6. The molecule has 6 nitrogen and oxygen atoms in total. The molecule has 0 amide bonds. The lowest BCUT2D eigenvalue weighted by atomic mass is 9.95. The van der Waals surface area contributed by atoms with Gasteiger partial charge in [0.25, 0.3) is 0 Å². The van der Waals surface area contributed by atoms with Crippen LogP contribution in [0.4, 0.5) is 10.3 Å². The van der Waals surface area contributed by atoms with E-state index in [1.54, 1.807) is 19.1 Å². The topological polar surface area (TPSA) is 83.4 Å². The fourth-order valence-electron chi connectivity index (χ4n) is 2.60. The van der Waals surface area contributed by atoms with Crippen LogP contribution in [0.3, 0.4) is 0 Å². The SMILES string of the molecule is CC(O)Cc1c(-c2ccc(F)cc2)nc(N(C)S(C)(=O)=O)nc1C(C)C. The molecule has 0 saturated heterocycles. The third-order valence-electron chi connectivity index (χ3n) is 3.97. The summed E-state index contributed by atoms with van der Waals surface area (Å²) < 4.78 is 38.2. The Hall–Kier alpha value is -2.06. The smallest absolute Gasteiger partial charge is 0.239 e. The number of rotatable bonds is 6. The third-order valence-corrected chi connectivity index (χ3v) is 5.13. The Morgan fingerprint density at radius 2 is 1.73 bits per heavy atom. The van der Waals surface area contributed by atoms with Gasteiger partial charge in [-0.05, 0) is 37.1 Å². The number of aliphatic hydroxyl groups excluding tert-OH is 1. The summed E-state index contributed by atoms with van der Waals surface area (Å²) in [5.74, 6) is -0.347. The summed E-state index contributed by atoms with van der Waals surface area (Å²) in [4.78, 5) is 8.88. The standard InChI is InChI=1S/C18H24FN3O3S/c1-11(2)16-15(10-12(3)23)17(13-6-8-14(19)9-7-13)21-18(20-16)22(4)26(5,24)25/h6-9,11-12,23H,10H2,1-5H3. The number of hydrogen-bond donors (Lipinski definition) is 1. The van der Waals surface area contributed by atoms with E-state index in [0.717, 1.165) is 16.1 Å². The van der Waals surface area contributed by atoms with Gasteiger partial charge in [0, 0.05) is 24.6 Å². The van der Waals surface area contributed by atoms with Crippen molar-refractivity contribution in [3.8, 4) is 11.3 Å². The van der Waals surface area contributed by atoms with Crippen molar-refractivity contribution in [3.63, 3.8) is 0 Å². The van der Waals surface area contributed by atoms with Gasteiger partial charge < -0.3 is 5.11 Å². The van der Waals surface area contributed by atoms with Crippen molar-refractivity contribution in [2.45, 2.75) is 39.2 Å². The Bertz CT molecular complexity index is 881. The first kappa shape index (κ1) is 20.3. The Balaban J connectivity index is 2.79. The number of aliphatic hydroxyl groups is 1. The minimum absolute atomic E-state index is 0.0161. The first-order chi connectivity index (χ1) is 12.0. The molecule has 1 N–H and O–H groups in total. The second-order valence-corrected chi connectivity index (χ2v) is 8.69. The molecule has 0 saturated carbocycles. The number of aromatic nitrogens is 2. The molecule has 0 fully saturated rings. The van der Waals surface area contributed by atoms with Crippen molar-refractivity contribution in [3.05, 3.63) is 41.3 Å². The van der Waals surface area contributed by atoms with E-state index in [0.29, 0.717) is 23.4 Å². The maximum atomic E-state index is 13.3. The summed E-state index contributed by atoms with van der Waals surface area (Å²) in [6.07, 6.45) is 0.754. The lowest BCUT2D eigenvalue weighted by molar-refractivity contribution is 0.195. The molecule has 0 bridgehead atoms. The molecule has 0 spiro atoms. The van der Waals surface area contributed by atoms with E-state index >= 15 is 0 Å². The van der Waals surface area contributed by atoms with Crippen LogP contribution in [0.15, 0.2) is 24.3 Å². The Morgan fingerprint density at radius 1 is 1.15 bits per heavy atom. The van der Waals surface area contributed by atoms with Crippen LogP contribution in [0.2, 0.25) is 0 Å². The number of hydrogen-bond acceptors (Lipinski definition) is 5. The molecule has 26 heavy (non-hydrogen) atoms. The van der Waals surface area contributed by atoms with Gasteiger partial charge in [-0.3, -0.25) is 0 Å². The number of anilines is 1. The van der Waals surface area contributed by atoms with Crippen molar-refractivity contribution in [1.82, 2.24) is 9.97 Å². The van der Waals surface area contributed by atoms with E-state index in [-0.39, 0.29) is 17.7 Å². The van der Waals surface area contributed by atoms with Gasteiger partial charge in [0.1, 0.15) is 5.82 Å². The lowest BCUT2D eigenvalue weighted by Crippen LogP contribution is -2.28. The largest absolute Gasteiger partial charge is 0.393 e. The van der Waals surface area contributed by atoms with Crippen LogP contribution in [0.5, 0.6) is 0 Å². The molecular weight excluding hydrogens is 357 g/mol. The third kappa shape index (κ3) is 4.56. The molecule has 0 radical (unpaired) electrons. The molecule has 2 rings (SSSR count). The maximum absolute atomic E-state index is 13.3. The number of benzene rings is 1. The Morgan fingerprint density at radius 3 is 2.19 bits per heavy atom. The molecule has 1 heterocycles. The van der Waals surface area contributed by atoms with Gasteiger partial charge in [0.05, 0.1) is 23.7 Å². The van der Waals surface area contributed by atoms with Crippen LogP contribution in [0.25, 0.3) is 11.3 Å². The Labute approximate surface area is 153 Å². The summed E-state index contributed by atoms with van der Waals surface area (Å²) in [6, 6.07) is 5.80. The highest BCUT2D eigenvalue weighted by Crippen LogP contribution is 2.31. The van der Waals surface area contributed by atoms with Crippen LogP contribution >= 0.6 is 0 Å². The second-order valence-electron chi connectivity index (χ2n) is 6.68. The van der Waals surface area contributed by atoms with Gasteiger partial charge in [-0.2, -0.15) is 0 Å². The van der Waals surface area contributed by atoms with Crippen LogP contribution < -0.4 is 4.31 Å². The average molecular weight is 381 g/mol. The van der Waals surface area contributed by atoms with E-state index in [2.05, 4.69) is 9.97 Å². The summed E-state index contributed by atoms with van der Waals surface area (Å²) >= 11 is 0. The first-order valence-corrected chi connectivity index (χ1v) is 10.1. The van der Waals surface area contributed by atoms with Crippen molar-refractivity contribution >= 4 is 16.0 Å². The highest BCUT2D eigenvalue weighted by Gasteiger charge is 2.23. The van der Waals surface area contributed by atoms with E-state index in [1.165, 1.54) is 19.2 Å². The minimum Gasteiger partial charge on any atom is -0.393 e. The van der Waals surface area contributed by atoms with E-state index < -0.39 is 16.1 Å². The van der Waals surface area contributed by atoms with Crippen LogP contribution in [-0.2, 0) is 16.4 Å². The quantitative estimate of drug-likeness (QED) is 0.832. The van der Waals surface area contributed by atoms with Crippen molar-refractivity contribution < 1.29 is 17.9 Å². The molecule has 0 aliphatic rings. The van der Waals surface area contributed by atoms with Crippen molar-refractivity contribution in [2.75, 3.05) is 17.6 Å². The van der Waals surface area contributed by atoms with Crippen molar-refractivity contribution in [1.29, 1.82) is 0 Å². The van der Waals surface area contributed by atoms with E-state index in [4.69, 9.17) is 0 Å². The fraction of sp³-hybridized carbons (Fsp3) is 0.444. The van der Waals surface area contributed by atoms with Gasteiger partial charge in [-0.1, -0.05) is 13.8 Å². The summed E-state index contributed by atoms with van der Waals surface area (Å²) in [5.41, 5.74) is 2.52. The lowest BCUT2D eigenvalue weighted by Gasteiger charge is -2.22. The molecule has 1 unspecified atom stereocenters. The monoisotopic (exact) mass is 381 g/mol. The second kappa shape index (κ2) is 7.67. The highest BCUT2D eigenvalue weighted by molar-refractivity contribution is 7.92. The molecule has 8 heteroatoms. The van der Waals surface area contributed by atoms with Crippen LogP contribution in [0.1, 0.15) is 37.9 Å². The highest BCUT2D eigenvalue weighted by atomic mass is 32.2. The Kier molecular flexibility index (Phi) is 5.98. The average Bonchev–Trinajstić information content (AvgIpc) is 2.53.